The van der Waals surface area contributed by atoms with E-state index >= 15 is 0 Å². The first kappa shape index (κ1) is 11.6. The van der Waals surface area contributed by atoms with E-state index in [1.54, 1.807) is 6.07 Å². The molecular weight excluding hydrogens is 304 g/mol. The maximum atomic E-state index is 7.86. The molecule has 4 aromatic rings. The molecule has 1 aromatic heterocycles. The van der Waals surface area contributed by atoms with E-state index in [9.17, 15) is 0 Å². The van der Waals surface area contributed by atoms with Crippen molar-refractivity contribution in [2.75, 3.05) is 0 Å². The van der Waals surface area contributed by atoms with Crippen LogP contribution in [0.4, 0.5) is 0 Å². The van der Waals surface area contributed by atoms with Gasteiger partial charge in [0, 0.05) is 9.68 Å². The van der Waals surface area contributed by atoms with Crippen molar-refractivity contribution in [3.63, 3.8) is 0 Å². The molecule has 0 unspecified atom stereocenters. The molecular formula is C23H21N2+. The highest BCUT2D eigenvalue weighted by Gasteiger charge is 2.35. The lowest BCUT2D eigenvalue weighted by Gasteiger charge is -2.09. The molecule has 0 bridgehead atoms. The maximum Gasteiger partial charge on any atom is 0.295 e. The van der Waals surface area contributed by atoms with Crippen LogP contribution in [0.2, 0.25) is 0 Å². The highest BCUT2D eigenvalue weighted by Crippen LogP contribution is 2.35. The second-order valence-corrected chi connectivity index (χ2v) is 6.85. The summed E-state index contributed by atoms with van der Waals surface area (Å²) in [6.07, 6.45) is 0. The Kier molecular flexibility index (Phi) is 2.36. The molecule has 2 heteroatoms. The van der Waals surface area contributed by atoms with Crippen LogP contribution in [0.15, 0.2) is 60.7 Å². The third-order valence-electron chi connectivity index (χ3n) is 5.22. The van der Waals surface area contributed by atoms with Gasteiger partial charge in [-0.1, -0.05) is 42.5 Å². The van der Waals surface area contributed by atoms with E-state index in [1.165, 1.54) is 22.3 Å². The summed E-state index contributed by atoms with van der Waals surface area (Å²) in [5, 5.41) is 0. The summed E-state index contributed by atoms with van der Waals surface area (Å²) in [6, 6.07) is 20.3. The summed E-state index contributed by atoms with van der Waals surface area (Å²) in [5.41, 5.74) is 8.33. The van der Waals surface area contributed by atoms with Gasteiger partial charge >= 0.3 is 0 Å². The fraction of sp³-hybridized carbons (Fsp3) is 0.174. The van der Waals surface area contributed by atoms with E-state index in [2.05, 4.69) is 65.4 Å². The van der Waals surface area contributed by atoms with Crippen molar-refractivity contribution in [2.45, 2.75) is 27.2 Å². The van der Waals surface area contributed by atoms with Crippen LogP contribution in [0, 0.1) is 20.7 Å². The minimum absolute atomic E-state index is 0.373. The SMILES string of the molecule is [2H]C([2H])([2H])c1ccc2c(c1)n(-c1c(C)cccc1C)c1[n+]2Cc2ccccc2-1. The van der Waals surface area contributed by atoms with Gasteiger partial charge in [0.1, 0.15) is 12.2 Å². The number of aromatic nitrogens is 2. The van der Waals surface area contributed by atoms with Gasteiger partial charge in [-0.25, -0.2) is 4.57 Å². The summed E-state index contributed by atoms with van der Waals surface area (Å²) in [4.78, 5) is 0. The van der Waals surface area contributed by atoms with Gasteiger partial charge in [0.2, 0.25) is 0 Å². The first-order chi connectivity index (χ1) is 13.4. The largest absolute Gasteiger partial charge is 0.295 e. The van der Waals surface area contributed by atoms with Gasteiger partial charge in [-0.15, -0.1) is 0 Å². The molecule has 1 aliphatic heterocycles. The smallest absolute Gasteiger partial charge is 0.218 e. The lowest BCUT2D eigenvalue weighted by molar-refractivity contribution is -0.645. The molecule has 1 aliphatic rings. The van der Waals surface area contributed by atoms with E-state index in [0.29, 0.717) is 5.56 Å². The van der Waals surface area contributed by atoms with Crippen molar-refractivity contribution in [3.05, 3.63) is 82.9 Å². The molecule has 0 radical (unpaired) electrons. The quantitative estimate of drug-likeness (QED) is 0.388. The van der Waals surface area contributed by atoms with Crippen molar-refractivity contribution in [2.24, 2.45) is 0 Å². The number of benzene rings is 3. The summed E-state index contributed by atoms with van der Waals surface area (Å²) >= 11 is 0. The normalized spacial score (nSPS) is 14.7. The summed E-state index contributed by atoms with van der Waals surface area (Å²) in [7, 11) is 0. The van der Waals surface area contributed by atoms with Crippen LogP contribution in [-0.2, 0) is 6.54 Å². The molecule has 0 atom stereocenters. The molecule has 0 N–H and O–H groups in total. The van der Waals surface area contributed by atoms with Crippen LogP contribution < -0.4 is 4.57 Å². The third kappa shape index (κ3) is 1.94. The van der Waals surface area contributed by atoms with Crippen LogP contribution in [0.1, 0.15) is 26.4 Å². The van der Waals surface area contributed by atoms with E-state index in [1.807, 2.05) is 12.1 Å². The first-order valence-electron chi connectivity index (χ1n) is 10.1. The number of hydrogen-bond donors (Lipinski definition) is 0. The van der Waals surface area contributed by atoms with Crippen molar-refractivity contribution in [1.29, 1.82) is 0 Å². The first-order valence-corrected chi connectivity index (χ1v) is 8.60. The summed E-state index contributed by atoms with van der Waals surface area (Å²) in [5.74, 6) is 1.12. The Hall–Kier alpha value is -2.87. The zero-order valence-electron chi connectivity index (χ0n) is 17.4. The molecule has 0 aliphatic carbocycles. The van der Waals surface area contributed by atoms with Gasteiger partial charge in [-0.3, -0.25) is 0 Å². The molecule has 2 heterocycles. The van der Waals surface area contributed by atoms with Crippen LogP contribution in [0.3, 0.4) is 0 Å². The van der Waals surface area contributed by atoms with Crippen LogP contribution in [-0.4, -0.2) is 4.57 Å². The molecule has 5 rings (SSSR count). The highest BCUT2D eigenvalue weighted by atomic mass is 15.2. The molecule has 0 saturated heterocycles. The van der Waals surface area contributed by atoms with Crippen LogP contribution in [0.25, 0.3) is 28.1 Å². The number of rotatable bonds is 1. The van der Waals surface area contributed by atoms with Crippen LogP contribution in [0.5, 0.6) is 0 Å². The Labute approximate surface area is 152 Å². The fourth-order valence-corrected chi connectivity index (χ4v) is 4.14. The average Bonchev–Trinajstić information content (AvgIpc) is 3.16. The number of imidazole rings is 1. The Morgan fingerprint density at radius 1 is 0.960 bits per heavy atom. The van der Waals surface area contributed by atoms with Crippen molar-refractivity contribution < 1.29 is 8.68 Å². The minimum Gasteiger partial charge on any atom is -0.218 e. The second kappa shape index (κ2) is 5.06. The number of aryl methyl sites for hydroxylation is 3. The molecule has 3 aromatic carbocycles. The molecule has 0 amide bonds. The average molecular weight is 328 g/mol. The molecule has 0 fully saturated rings. The third-order valence-corrected chi connectivity index (χ3v) is 5.22. The lowest BCUT2D eigenvalue weighted by Crippen LogP contribution is -2.31. The Morgan fingerprint density at radius 2 is 1.76 bits per heavy atom. The summed E-state index contributed by atoms with van der Waals surface area (Å²) < 4.78 is 28.1. The molecule has 25 heavy (non-hydrogen) atoms. The molecule has 0 saturated carbocycles. The number of hydrogen-bond acceptors (Lipinski definition) is 0. The van der Waals surface area contributed by atoms with Crippen molar-refractivity contribution >= 4 is 11.0 Å². The monoisotopic (exact) mass is 328 g/mol. The lowest BCUT2D eigenvalue weighted by atomic mass is 10.1. The van der Waals surface area contributed by atoms with Gasteiger partial charge in [0.15, 0.2) is 11.0 Å². The molecule has 0 spiro atoms. The number of nitrogens with zero attached hydrogens (tertiary/aromatic N) is 2. The van der Waals surface area contributed by atoms with Gasteiger partial charge in [0.25, 0.3) is 5.82 Å². The maximum absolute atomic E-state index is 7.86. The fourth-order valence-electron chi connectivity index (χ4n) is 4.14. The van der Waals surface area contributed by atoms with Gasteiger partial charge in [-0.05, 0) is 55.6 Å². The van der Waals surface area contributed by atoms with Crippen molar-refractivity contribution in [3.8, 4) is 17.1 Å². The number of fused-ring (bicyclic) bond motifs is 5. The predicted octanol–water partition coefficient (Wildman–Crippen LogP) is 4.87. The minimum atomic E-state index is -2.13. The second-order valence-electron chi connectivity index (χ2n) is 6.85. The van der Waals surface area contributed by atoms with Crippen LogP contribution >= 0.6 is 0 Å². The van der Waals surface area contributed by atoms with E-state index < -0.39 is 6.85 Å². The standard InChI is InChI=1S/C23H21N2/c1-15-11-12-20-21(13-15)25(22-16(2)7-6-8-17(22)3)23-19-10-5-4-9-18(19)14-24(20)23/h4-13H,14H2,1-3H3/q+1/i1D3. The van der Waals surface area contributed by atoms with E-state index in [-0.39, 0.29) is 0 Å². The van der Waals surface area contributed by atoms with Gasteiger partial charge < -0.3 is 0 Å². The Balaban J connectivity index is 1.95. The Morgan fingerprint density at radius 3 is 2.56 bits per heavy atom. The van der Waals surface area contributed by atoms with E-state index in [4.69, 9.17) is 4.11 Å². The summed E-state index contributed by atoms with van der Waals surface area (Å²) in [6.45, 7) is 2.89. The van der Waals surface area contributed by atoms with E-state index in [0.717, 1.165) is 29.1 Å². The molecule has 2 nitrogen and oxygen atoms in total. The number of para-hydroxylation sites is 1. The zero-order valence-corrected chi connectivity index (χ0v) is 14.4. The molecule has 122 valence electrons. The van der Waals surface area contributed by atoms with Gasteiger partial charge in [-0.2, -0.15) is 4.57 Å². The topological polar surface area (TPSA) is 8.81 Å². The van der Waals surface area contributed by atoms with Crippen molar-refractivity contribution in [1.82, 2.24) is 4.57 Å². The Bertz CT molecular complexity index is 1230. The zero-order chi connectivity index (χ0) is 19.6. The van der Waals surface area contributed by atoms with Gasteiger partial charge in [0.05, 0.1) is 5.56 Å². The highest BCUT2D eigenvalue weighted by molar-refractivity contribution is 5.82. The predicted molar refractivity (Wildman–Crippen MR) is 102 cm³/mol.